The lowest BCUT2D eigenvalue weighted by Gasteiger charge is -2.04. The molecule has 1 heterocycles. The minimum Gasteiger partial charge on any atom is -0.508 e. The highest BCUT2D eigenvalue weighted by Gasteiger charge is 2.12. The number of rotatable bonds is 3. The van der Waals surface area contributed by atoms with E-state index in [4.69, 9.17) is 9.52 Å². The molecule has 0 aliphatic rings. The third-order valence-corrected chi connectivity index (χ3v) is 2.68. The molecule has 0 aliphatic heterocycles. The number of carbonyl (C=O) groups excluding carboxylic acids is 1. The summed E-state index contributed by atoms with van der Waals surface area (Å²) < 4.78 is 5.31. The van der Waals surface area contributed by atoms with Crippen molar-refractivity contribution in [3.05, 3.63) is 53.0 Å². The number of hydrogen-bond acceptors (Lipinski definition) is 3. The normalized spacial score (nSPS) is 10.3. The zero-order valence-corrected chi connectivity index (χ0v) is 10.4. The van der Waals surface area contributed by atoms with Gasteiger partial charge in [-0.1, -0.05) is 12.1 Å². The molecule has 2 N–H and O–H groups in total. The van der Waals surface area contributed by atoms with Crippen LogP contribution in [0.5, 0.6) is 5.75 Å². The maximum Gasteiger partial charge on any atom is 0.255 e. The average Bonchev–Trinajstić information content (AvgIpc) is 2.67. The van der Waals surface area contributed by atoms with Crippen LogP contribution in [0.1, 0.15) is 27.4 Å². The Kier molecular flexibility index (Phi) is 3.37. The van der Waals surface area contributed by atoms with Gasteiger partial charge in [-0.05, 0) is 37.6 Å². The van der Waals surface area contributed by atoms with Crippen molar-refractivity contribution in [1.82, 2.24) is 5.32 Å². The number of nitrogens with one attached hydrogen (secondary N) is 1. The van der Waals surface area contributed by atoms with Crippen molar-refractivity contribution in [1.29, 1.82) is 0 Å². The van der Waals surface area contributed by atoms with Crippen molar-refractivity contribution in [3.8, 4) is 5.75 Å². The van der Waals surface area contributed by atoms with Gasteiger partial charge >= 0.3 is 0 Å². The molecular weight excluding hydrogens is 230 g/mol. The first-order chi connectivity index (χ1) is 8.56. The second-order valence-corrected chi connectivity index (χ2v) is 4.18. The Bertz CT molecular complexity index is 555. The number of carbonyl (C=O) groups is 1. The Morgan fingerprint density at radius 3 is 2.50 bits per heavy atom. The quantitative estimate of drug-likeness (QED) is 0.873. The van der Waals surface area contributed by atoms with Gasteiger partial charge < -0.3 is 14.8 Å². The van der Waals surface area contributed by atoms with Crippen LogP contribution in [0, 0.1) is 13.8 Å². The van der Waals surface area contributed by atoms with E-state index in [0.29, 0.717) is 17.9 Å². The SMILES string of the molecule is Cc1cc(C(=O)NCc2ccc(O)cc2)c(C)o1. The van der Waals surface area contributed by atoms with Gasteiger partial charge in [-0.25, -0.2) is 0 Å². The first-order valence-corrected chi connectivity index (χ1v) is 5.69. The van der Waals surface area contributed by atoms with E-state index >= 15 is 0 Å². The lowest BCUT2D eigenvalue weighted by atomic mass is 10.2. The van der Waals surface area contributed by atoms with Gasteiger partial charge in [0, 0.05) is 6.54 Å². The zero-order valence-electron chi connectivity index (χ0n) is 10.4. The van der Waals surface area contributed by atoms with E-state index in [1.54, 1.807) is 37.3 Å². The highest BCUT2D eigenvalue weighted by Crippen LogP contribution is 2.14. The fourth-order valence-corrected chi connectivity index (χ4v) is 1.75. The molecule has 0 unspecified atom stereocenters. The highest BCUT2D eigenvalue weighted by molar-refractivity contribution is 5.95. The van der Waals surface area contributed by atoms with Crippen LogP contribution in [0.15, 0.2) is 34.7 Å². The summed E-state index contributed by atoms with van der Waals surface area (Å²) in [6.07, 6.45) is 0. The van der Waals surface area contributed by atoms with Crippen LogP contribution in [0.25, 0.3) is 0 Å². The standard InChI is InChI=1S/C14H15NO3/c1-9-7-13(10(2)18-9)14(17)15-8-11-3-5-12(16)6-4-11/h3-7,16H,8H2,1-2H3,(H,15,17). The molecule has 1 amide bonds. The van der Waals surface area contributed by atoms with Crippen molar-refractivity contribution in [2.75, 3.05) is 0 Å². The van der Waals surface area contributed by atoms with E-state index in [-0.39, 0.29) is 11.7 Å². The second kappa shape index (κ2) is 4.96. The van der Waals surface area contributed by atoms with E-state index in [1.807, 2.05) is 6.92 Å². The maximum atomic E-state index is 11.9. The lowest BCUT2D eigenvalue weighted by molar-refractivity contribution is 0.0949. The molecule has 0 saturated carbocycles. The van der Waals surface area contributed by atoms with Crippen molar-refractivity contribution in [2.24, 2.45) is 0 Å². The molecule has 1 aromatic heterocycles. The van der Waals surface area contributed by atoms with Gasteiger partial charge in [-0.15, -0.1) is 0 Å². The molecule has 0 radical (unpaired) electrons. The molecule has 0 spiro atoms. The summed E-state index contributed by atoms with van der Waals surface area (Å²) in [5.41, 5.74) is 1.49. The Hall–Kier alpha value is -2.23. The molecule has 0 fully saturated rings. The number of phenols is 1. The predicted octanol–water partition coefficient (Wildman–Crippen LogP) is 2.53. The summed E-state index contributed by atoms with van der Waals surface area (Å²) in [5, 5.41) is 12.0. The van der Waals surface area contributed by atoms with Crippen molar-refractivity contribution in [3.63, 3.8) is 0 Å². The summed E-state index contributed by atoms with van der Waals surface area (Å²) in [6.45, 7) is 4.00. The summed E-state index contributed by atoms with van der Waals surface area (Å²) in [5.74, 6) is 1.40. The summed E-state index contributed by atoms with van der Waals surface area (Å²) >= 11 is 0. The Morgan fingerprint density at radius 1 is 1.28 bits per heavy atom. The fourth-order valence-electron chi connectivity index (χ4n) is 1.75. The molecule has 0 aliphatic carbocycles. The van der Waals surface area contributed by atoms with E-state index in [0.717, 1.165) is 11.3 Å². The van der Waals surface area contributed by atoms with E-state index in [9.17, 15) is 4.79 Å². The van der Waals surface area contributed by atoms with E-state index in [2.05, 4.69) is 5.32 Å². The number of aromatic hydroxyl groups is 1. The first-order valence-electron chi connectivity index (χ1n) is 5.69. The summed E-state index contributed by atoms with van der Waals surface area (Å²) in [4.78, 5) is 11.9. The Labute approximate surface area is 105 Å². The molecule has 4 heteroatoms. The lowest BCUT2D eigenvalue weighted by Crippen LogP contribution is -2.22. The van der Waals surface area contributed by atoms with Crippen LogP contribution in [-0.2, 0) is 6.54 Å². The first kappa shape index (κ1) is 12.2. The highest BCUT2D eigenvalue weighted by atomic mass is 16.3. The smallest absolute Gasteiger partial charge is 0.255 e. The molecule has 94 valence electrons. The topological polar surface area (TPSA) is 62.5 Å². The van der Waals surface area contributed by atoms with E-state index < -0.39 is 0 Å². The van der Waals surface area contributed by atoms with Gasteiger partial charge in [0.25, 0.3) is 5.91 Å². The van der Waals surface area contributed by atoms with Crippen LogP contribution >= 0.6 is 0 Å². The van der Waals surface area contributed by atoms with Crippen molar-refractivity contribution in [2.45, 2.75) is 20.4 Å². The number of amides is 1. The number of furan rings is 1. The van der Waals surface area contributed by atoms with Crippen LogP contribution in [0.2, 0.25) is 0 Å². The maximum absolute atomic E-state index is 11.9. The molecule has 0 atom stereocenters. The summed E-state index contributed by atoms with van der Waals surface area (Å²) in [7, 11) is 0. The molecule has 0 saturated heterocycles. The van der Waals surface area contributed by atoms with E-state index in [1.165, 1.54) is 0 Å². The summed E-state index contributed by atoms with van der Waals surface area (Å²) in [6, 6.07) is 8.44. The Balaban J connectivity index is 2.00. The number of hydrogen-bond donors (Lipinski definition) is 2. The van der Waals surface area contributed by atoms with Crippen molar-refractivity contribution >= 4 is 5.91 Å². The number of phenolic OH excluding ortho intramolecular Hbond substituents is 1. The average molecular weight is 245 g/mol. The van der Waals surface area contributed by atoms with Crippen molar-refractivity contribution < 1.29 is 14.3 Å². The molecule has 18 heavy (non-hydrogen) atoms. The minimum atomic E-state index is -0.155. The third kappa shape index (κ3) is 2.71. The Morgan fingerprint density at radius 2 is 1.94 bits per heavy atom. The molecule has 2 rings (SSSR count). The van der Waals surface area contributed by atoms with Gasteiger partial charge in [0.2, 0.25) is 0 Å². The minimum absolute atomic E-state index is 0.155. The predicted molar refractivity (Wildman–Crippen MR) is 67.5 cm³/mol. The van der Waals surface area contributed by atoms with Gasteiger partial charge in [0.1, 0.15) is 17.3 Å². The van der Waals surface area contributed by atoms with Crippen LogP contribution in [-0.4, -0.2) is 11.0 Å². The molecule has 2 aromatic rings. The molecule has 4 nitrogen and oxygen atoms in total. The van der Waals surface area contributed by atoms with Crippen LogP contribution < -0.4 is 5.32 Å². The third-order valence-electron chi connectivity index (χ3n) is 2.68. The molecule has 0 bridgehead atoms. The fraction of sp³-hybridized carbons (Fsp3) is 0.214. The van der Waals surface area contributed by atoms with Gasteiger partial charge in [-0.2, -0.15) is 0 Å². The number of aryl methyl sites for hydroxylation is 2. The van der Waals surface area contributed by atoms with Crippen LogP contribution in [0.3, 0.4) is 0 Å². The monoisotopic (exact) mass is 245 g/mol. The largest absolute Gasteiger partial charge is 0.508 e. The number of benzene rings is 1. The molecule has 1 aromatic carbocycles. The van der Waals surface area contributed by atoms with Crippen LogP contribution in [0.4, 0.5) is 0 Å². The van der Waals surface area contributed by atoms with Gasteiger partial charge in [0.05, 0.1) is 5.56 Å². The van der Waals surface area contributed by atoms with Gasteiger partial charge in [-0.3, -0.25) is 4.79 Å². The van der Waals surface area contributed by atoms with Gasteiger partial charge in [0.15, 0.2) is 0 Å². The second-order valence-electron chi connectivity index (χ2n) is 4.18. The molecular formula is C14H15NO3. The zero-order chi connectivity index (χ0) is 13.1.